The fraction of sp³-hybridized carbons (Fsp3) is 0.118. The van der Waals surface area contributed by atoms with Crippen molar-refractivity contribution < 1.29 is 9.13 Å². The van der Waals surface area contributed by atoms with Gasteiger partial charge in [-0.3, -0.25) is 0 Å². The van der Waals surface area contributed by atoms with Gasteiger partial charge in [-0.25, -0.2) is 4.39 Å². The van der Waals surface area contributed by atoms with E-state index < -0.39 is 5.82 Å². The van der Waals surface area contributed by atoms with Crippen LogP contribution in [0.3, 0.4) is 0 Å². The first kappa shape index (κ1) is 14.9. The molecule has 2 rings (SSSR count). The van der Waals surface area contributed by atoms with Crippen molar-refractivity contribution in [3.8, 4) is 23.7 Å². The SMILES string of the molecule is N#Cc1cc(COc2ccc(C#CCCl)cc2)ccc1F. The molecule has 0 aromatic heterocycles. The molecule has 2 aromatic rings. The summed E-state index contributed by atoms with van der Waals surface area (Å²) in [5, 5.41) is 8.78. The molecule has 0 N–H and O–H groups in total. The summed E-state index contributed by atoms with van der Waals surface area (Å²) in [7, 11) is 0. The minimum absolute atomic E-state index is 0.0165. The Morgan fingerprint density at radius 3 is 2.57 bits per heavy atom. The topological polar surface area (TPSA) is 33.0 Å². The van der Waals surface area contributed by atoms with Gasteiger partial charge in [0, 0.05) is 5.56 Å². The summed E-state index contributed by atoms with van der Waals surface area (Å²) < 4.78 is 18.8. The number of rotatable bonds is 3. The van der Waals surface area contributed by atoms with Crippen molar-refractivity contribution in [2.45, 2.75) is 6.61 Å². The number of nitrogens with zero attached hydrogens (tertiary/aromatic N) is 1. The summed E-state index contributed by atoms with van der Waals surface area (Å²) in [6.45, 7) is 0.266. The lowest BCUT2D eigenvalue weighted by molar-refractivity contribution is 0.306. The smallest absolute Gasteiger partial charge is 0.140 e. The van der Waals surface area contributed by atoms with E-state index in [2.05, 4.69) is 11.8 Å². The summed E-state index contributed by atoms with van der Waals surface area (Å²) in [6.07, 6.45) is 0. The van der Waals surface area contributed by atoms with Gasteiger partial charge in [0.15, 0.2) is 0 Å². The van der Waals surface area contributed by atoms with Crippen LogP contribution in [-0.2, 0) is 6.61 Å². The van der Waals surface area contributed by atoms with Gasteiger partial charge in [0.05, 0.1) is 11.4 Å². The van der Waals surface area contributed by atoms with E-state index in [1.807, 2.05) is 12.1 Å². The monoisotopic (exact) mass is 299 g/mol. The minimum Gasteiger partial charge on any atom is -0.489 e. The van der Waals surface area contributed by atoms with Crippen LogP contribution in [0.25, 0.3) is 0 Å². The highest BCUT2D eigenvalue weighted by Gasteiger charge is 2.03. The molecule has 0 saturated heterocycles. The Kier molecular flexibility index (Phi) is 5.21. The van der Waals surface area contributed by atoms with Crippen LogP contribution >= 0.6 is 11.6 Å². The van der Waals surface area contributed by atoms with Crippen molar-refractivity contribution in [1.82, 2.24) is 0 Å². The lowest BCUT2D eigenvalue weighted by Crippen LogP contribution is -1.97. The number of halogens is 2. The number of nitriles is 1. The third-order valence-electron chi connectivity index (χ3n) is 2.71. The highest BCUT2D eigenvalue weighted by molar-refractivity contribution is 6.19. The van der Waals surface area contributed by atoms with Crippen molar-refractivity contribution in [3.05, 3.63) is 65.0 Å². The normalized spacial score (nSPS) is 9.38. The number of hydrogen-bond donors (Lipinski definition) is 0. The molecule has 21 heavy (non-hydrogen) atoms. The maximum Gasteiger partial charge on any atom is 0.140 e. The van der Waals surface area contributed by atoms with E-state index in [9.17, 15) is 4.39 Å². The predicted octanol–water partition coefficient (Wildman–Crippen LogP) is 3.87. The van der Waals surface area contributed by atoms with E-state index in [-0.39, 0.29) is 12.2 Å². The van der Waals surface area contributed by atoms with Crippen LogP contribution in [0.2, 0.25) is 0 Å². The van der Waals surface area contributed by atoms with Gasteiger partial charge in [-0.2, -0.15) is 5.26 Å². The molecule has 0 atom stereocenters. The zero-order valence-electron chi connectivity index (χ0n) is 11.1. The van der Waals surface area contributed by atoms with Gasteiger partial charge in [0.1, 0.15) is 24.2 Å². The van der Waals surface area contributed by atoms with Crippen LogP contribution in [0.15, 0.2) is 42.5 Å². The summed E-state index contributed by atoms with van der Waals surface area (Å²) in [5.41, 5.74) is 1.61. The number of benzene rings is 2. The van der Waals surface area contributed by atoms with Gasteiger partial charge in [0.2, 0.25) is 0 Å². The molecule has 0 radical (unpaired) electrons. The van der Waals surface area contributed by atoms with E-state index in [4.69, 9.17) is 21.6 Å². The van der Waals surface area contributed by atoms with Crippen molar-refractivity contribution in [2.75, 3.05) is 5.88 Å². The quantitative estimate of drug-likeness (QED) is 0.637. The molecular formula is C17H11ClFNO. The van der Waals surface area contributed by atoms with Gasteiger partial charge >= 0.3 is 0 Å². The molecular weight excluding hydrogens is 289 g/mol. The molecule has 0 amide bonds. The molecule has 4 heteroatoms. The second kappa shape index (κ2) is 7.33. The molecule has 0 heterocycles. The zero-order valence-corrected chi connectivity index (χ0v) is 11.8. The largest absolute Gasteiger partial charge is 0.489 e. The van der Waals surface area contributed by atoms with E-state index in [0.29, 0.717) is 11.6 Å². The average molecular weight is 300 g/mol. The molecule has 2 aromatic carbocycles. The molecule has 0 aliphatic heterocycles. The summed E-state index contributed by atoms with van der Waals surface area (Å²) in [6, 6.07) is 13.4. The third kappa shape index (κ3) is 4.24. The van der Waals surface area contributed by atoms with Crippen LogP contribution in [0.5, 0.6) is 5.75 Å². The minimum atomic E-state index is -0.525. The van der Waals surface area contributed by atoms with Crippen LogP contribution in [0, 0.1) is 29.0 Å². The maximum atomic E-state index is 13.2. The van der Waals surface area contributed by atoms with Gasteiger partial charge in [-0.05, 0) is 42.0 Å². The Hall–Kier alpha value is -2.49. The van der Waals surface area contributed by atoms with E-state index in [1.54, 1.807) is 24.3 Å². The molecule has 0 fully saturated rings. The Morgan fingerprint density at radius 1 is 1.14 bits per heavy atom. The summed E-state index contributed by atoms with van der Waals surface area (Å²) >= 11 is 5.49. The lowest BCUT2D eigenvalue weighted by atomic mass is 10.1. The highest BCUT2D eigenvalue weighted by Crippen LogP contribution is 2.15. The number of alkyl halides is 1. The standard InChI is InChI=1S/C17H11ClFNO/c18-9-1-2-13-3-6-16(7-4-13)21-12-14-5-8-17(19)15(10-14)11-20/h3-8,10H,9,12H2. The molecule has 0 bridgehead atoms. The highest BCUT2D eigenvalue weighted by atomic mass is 35.5. The third-order valence-corrected chi connectivity index (χ3v) is 2.84. The van der Waals surface area contributed by atoms with Crippen molar-refractivity contribution in [2.24, 2.45) is 0 Å². The van der Waals surface area contributed by atoms with Crippen LogP contribution < -0.4 is 4.74 Å². The number of hydrogen-bond acceptors (Lipinski definition) is 2. The second-order valence-electron chi connectivity index (χ2n) is 4.17. The van der Waals surface area contributed by atoms with Crippen LogP contribution in [-0.4, -0.2) is 5.88 Å². The van der Waals surface area contributed by atoms with Crippen LogP contribution in [0.4, 0.5) is 4.39 Å². The molecule has 0 aliphatic carbocycles. The first-order valence-corrected chi connectivity index (χ1v) is 6.72. The van der Waals surface area contributed by atoms with Gasteiger partial charge < -0.3 is 4.74 Å². The fourth-order valence-corrected chi connectivity index (χ4v) is 1.75. The molecule has 2 nitrogen and oxygen atoms in total. The second-order valence-corrected chi connectivity index (χ2v) is 4.44. The van der Waals surface area contributed by atoms with Crippen LogP contribution in [0.1, 0.15) is 16.7 Å². The first-order valence-electron chi connectivity index (χ1n) is 6.19. The Labute approximate surface area is 127 Å². The van der Waals surface area contributed by atoms with Gasteiger partial charge in [-0.1, -0.05) is 17.9 Å². The Bertz CT molecular complexity index is 723. The summed E-state index contributed by atoms with van der Waals surface area (Å²) in [5.74, 6) is 6.12. The van der Waals surface area contributed by atoms with Gasteiger partial charge in [0.25, 0.3) is 0 Å². The Morgan fingerprint density at radius 2 is 1.90 bits per heavy atom. The predicted molar refractivity (Wildman–Crippen MR) is 79.5 cm³/mol. The van der Waals surface area contributed by atoms with Crippen molar-refractivity contribution >= 4 is 11.6 Å². The molecule has 0 spiro atoms. The van der Waals surface area contributed by atoms with Crippen molar-refractivity contribution in [3.63, 3.8) is 0 Å². The number of ether oxygens (including phenoxy) is 1. The molecule has 0 saturated carbocycles. The van der Waals surface area contributed by atoms with Gasteiger partial charge in [-0.15, -0.1) is 11.6 Å². The van der Waals surface area contributed by atoms with E-state index in [0.717, 1.165) is 11.1 Å². The molecule has 0 aliphatic rings. The maximum absolute atomic E-state index is 13.2. The molecule has 0 unspecified atom stereocenters. The summed E-state index contributed by atoms with van der Waals surface area (Å²) in [4.78, 5) is 0. The van der Waals surface area contributed by atoms with Crippen molar-refractivity contribution in [1.29, 1.82) is 5.26 Å². The zero-order chi connectivity index (χ0) is 15.1. The Balaban J connectivity index is 2.01. The lowest BCUT2D eigenvalue weighted by Gasteiger charge is -2.07. The van der Waals surface area contributed by atoms with E-state index >= 15 is 0 Å². The average Bonchev–Trinajstić information content (AvgIpc) is 2.53. The first-order chi connectivity index (χ1) is 10.2. The van der Waals surface area contributed by atoms with E-state index in [1.165, 1.54) is 12.1 Å². The molecule has 104 valence electrons. The fourth-order valence-electron chi connectivity index (χ4n) is 1.68.